The van der Waals surface area contributed by atoms with Crippen LogP contribution in [0.15, 0.2) is 34.0 Å². The number of hydrogen-bond acceptors (Lipinski definition) is 11. The zero-order chi connectivity index (χ0) is 30.3. The van der Waals surface area contributed by atoms with E-state index < -0.39 is 82.1 Å². The Kier molecular flexibility index (Phi) is 9.12. The maximum absolute atomic E-state index is 14.2. The number of hydrogen-bond donors (Lipinski definition) is 4. The molecular formula is C30H40AcO11. The van der Waals surface area contributed by atoms with Crippen LogP contribution in [0.3, 0.4) is 0 Å². The Morgan fingerprint density at radius 2 is 1.83 bits per heavy atom. The van der Waals surface area contributed by atoms with E-state index in [1.54, 1.807) is 46.8 Å². The van der Waals surface area contributed by atoms with Crippen LogP contribution in [0.25, 0.3) is 0 Å². The van der Waals surface area contributed by atoms with Gasteiger partial charge in [0.25, 0.3) is 0 Å². The van der Waals surface area contributed by atoms with Crippen LogP contribution in [0.1, 0.15) is 72.5 Å². The van der Waals surface area contributed by atoms with Crippen molar-refractivity contribution >= 4 is 17.7 Å². The number of carbonyl (C=O) groups excluding carboxylic acids is 3. The Morgan fingerprint density at radius 3 is 2.38 bits per heavy atom. The number of ketones is 1. The van der Waals surface area contributed by atoms with Crippen LogP contribution >= 0.6 is 0 Å². The largest absolute Gasteiger partial charge is 0.469 e. The van der Waals surface area contributed by atoms with Crippen LogP contribution in [0.2, 0.25) is 0 Å². The summed E-state index contributed by atoms with van der Waals surface area (Å²) in [5.74, 6) is -3.65. The standard InChI is InChI=1S/C30H40O11.Ac/c1-14-17-10-20(32)28(6)21(33)11-22-29(36,13-39-22)24(28)25(40-16(3)31)30(37,27(17,4)5)12-19(14)41-26(35)23(34)15(2)18-8-7-9-38-18;/h7-9,15,19,21-25,33-34,36-37H,10-13H2,1-6H3;/t15-,19?,21-,22+,23+,24-,25-,28+,29-,30+;/m0./s1. The molecule has 0 spiro atoms. The number of aliphatic hydroxyl groups is 4. The maximum Gasteiger partial charge on any atom is 0.336 e. The van der Waals surface area contributed by atoms with Gasteiger partial charge in [-0.05, 0) is 31.6 Å². The van der Waals surface area contributed by atoms with Crippen LogP contribution in [0, 0.1) is 60.8 Å². The van der Waals surface area contributed by atoms with Gasteiger partial charge in [0, 0.05) is 81.6 Å². The summed E-state index contributed by atoms with van der Waals surface area (Å²) in [7, 11) is 0. The topological polar surface area (TPSA) is 173 Å². The monoisotopic (exact) mass is 803 g/mol. The molecule has 229 valence electrons. The smallest absolute Gasteiger partial charge is 0.336 e. The molecule has 5 rings (SSSR count). The quantitative estimate of drug-likeness (QED) is 0.252. The second-order valence-corrected chi connectivity index (χ2v) is 13.0. The van der Waals surface area contributed by atoms with E-state index in [9.17, 15) is 34.8 Å². The molecule has 42 heavy (non-hydrogen) atoms. The van der Waals surface area contributed by atoms with E-state index in [2.05, 4.69) is 0 Å². The van der Waals surface area contributed by atoms with E-state index >= 15 is 0 Å². The Bertz CT molecular complexity index is 1270. The molecule has 10 atom stereocenters. The molecule has 2 saturated carbocycles. The van der Waals surface area contributed by atoms with Crippen molar-refractivity contribution < 1.29 is 97.5 Å². The fraction of sp³-hybridized carbons (Fsp3) is 0.700. The first kappa shape index (κ1) is 33.8. The van der Waals surface area contributed by atoms with Crippen molar-refractivity contribution in [2.75, 3.05) is 6.61 Å². The molecule has 4 N–H and O–H groups in total. The van der Waals surface area contributed by atoms with Gasteiger partial charge in [-0.1, -0.05) is 26.3 Å². The molecule has 0 amide bonds. The van der Waals surface area contributed by atoms with Gasteiger partial charge < -0.3 is 39.1 Å². The van der Waals surface area contributed by atoms with E-state index in [1.165, 1.54) is 13.2 Å². The zero-order valence-corrected chi connectivity index (χ0v) is 29.6. The third-order valence-corrected chi connectivity index (χ3v) is 10.6. The molecule has 2 heterocycles. The van der Waals surface area contributed by atoms with Crippen LogP contribution in [-0.2, 0) is 28.6 Å². The van der Waals surface area contributed by atoms with E-state index in [4.69, 9.17) is 18.6 Å². The molecule has 2 bridgehead atoms. The summed E-state index contributed by atoms with van der Waals surface area (Å²) < 4.78 is 22.5. The SMILES string of the molecule is CC(=O)O[C@H]1[C@@H]2[C@]3(O)CO[C@@H]3C[C@H](O)[C@@]2(C)C(=O)CC2=C(C)C(OC(=O)[C@H](O)[C@@H](C)c3ccco3)C[C@]1(O)C2(C)C.[Ac]. The predicted molar refractivity (Wildman–Crippen MR) is 141 cm³/mol. The molecular weight excluding hydrogens is 763 g/mol. The Balaban J connectivity index is 0.00000405. The molecule has 11 nitrogen and oxygen atoms in total. The fourth-order valence-corrected chi connectivity index (χ4v) is 7.74. The van der Waals surface area contributed by atoms with Crippen molar-refractivity contribution in [1.82, 2.24) is 0 Å². The van der Waals surface area contributed by atoms with Gasteiger partial charge in [0.1, 0.15) is 35.0 Å². The van der Waals surface area contributed by atoms with Crippen LogP contribution < -0.4 is 0 Å². The molecule has 1 radical (unpaired) electrons. The number of rotatable bonds is 5. The van der Waals surface area contributed by atoms with E-state index in [0.717, 1.165) is 0 Å². The summed E-state index contributed by atoms with van der Waals surface area (Å²) in [4.78, 5) is 39.9. The number of fused-ring (bicyclic) bond motifs is 5. The molecule has 4 aliphatic rings. The van der Waals surface area contributed by atoms with Crippen molar-refractivity contribution in [3.05, 3.63) is 35.3 Å². The van der Waals surface area contributed by atoms with Gasteiger partial charge in [0.15, 0.2) is 6.10 Å². The minimum Gasteiger partial charge on any atom is -0.469 e. The average molecular weight is 804 g/mol. The third kappa shape index (κ3) is 4.79. The molecule has 12 heteroatoms. The van der Waals surface area contributed by atoms with Crippen molar-refractivity contribution in [1.29, 1.82) is 0 Å². The van der Waals surface area contributed by atoms with Crippen molar-refractivity contribution in [3.8, 4) is 0 Å². The second-order valence-electron chi connectivity index (χ2n) is 13.0. The van der Waals surface area contributed by atoms with Crippen LogP contribution in [-0.4, -0.2) is 86.5 Å². The van der Waals surface area contributed by atoms with Gasteiger partial charge in [0.2, 0.25) is 0 Å². The van der Waals surface area contributed by atoms with Gasteiger partial charge in [0.05, 0.1) is 36.4 Å². The summed E-state index contributed by atoms with van der Waals surface area (Å²) in [5, 5.41) is 46.6. The summed E-state index contributed by atoms with van der Waals surface area (Å²) in [6.45, 7) is 9.31. The van der Waals surface area contributed by atoms with Gasteiger partial charge in [-0.2, -0.15) is 0 Å². The first-order valence-corrected chi connectivity index (χ1v) is 14.1. The van der Waals surface area contributed by atoms with Crippen LogP contribution in [0.5, 0.6) is 0 Å². The van der Waals surface area contributed by atoms with E-state index in [-0.39, 0.29) is 69.9 Å². The van der Waals surface area contributed by atoms with Crippen molar-refractivity contribution in [3.63, 3.8) is 0 Å². The third-order valence-electron chi connectivity index (χ3n) is 10.6. The molecule has 3 fully saturated rings. The van der Waals surface area contributed by atoms with Gasteiger partial charge >= 0.3 is 11.9 Å². The fourth-order valence-electron chi connectivity index (χ4n) is 7.74. The minimum atomic E-state index is -1.96. The maximum atomic E-state index is 14.2. The Labute approximate surface area is 280 Å². The summed E-state index contributed by atoms with van der Waals surface area (Å²) >= 11 is 0. The molecule has 3 aliphatic carbocycles. The Hall–Kier alpha value is -1.13. The molecule has 1 aromatic rings. The molecule has 1 unspecified atom stereocenters. The van der Waals surface area contributed by atoms with Gasteiger partial charge in [-0.25, -0.2) is 4.79 Å². The molecule has 1 aromatic heterocycles. The minimum absolute atomic E-state index is 0. The van der Waals surface area contributed by atoms with Gasteiger partial charge in [-0.3, -0.25) is 9.59 Å². The summed E-state index contributed by atoms with van der Waals surface area (Å²) in [6.07, 6.45) is -5.20. The first-order valence-electron chi connectivity index (χ1n) is 14.1. The number of aliphatic hydroxyl groups excluding tert-OH is 2. The van der Waals surface area contributed by atoms with Crippen molar-refractivity contribution in [2.24, 2.45) is 16.7 Å². The number of carbonyl (C=O) groups is 3. The van der Waals surface area contributed by atoms with Crippen LogP contribution in [0.4, 0.5) is 0 Å². The predicted octanol–water partition coefficient (Wildman–Crippen LogP) is 1.55. The van der Waals surface area contributed by atoms with E-state index in [0.29, 0.717) is 16.9 Å². The second kappa shape index (κ2) is 11.3. The van der Waals surface area contributed by atoms with Crippen molar-refractivity contribution in [2.45, 2.75) is 108 Å². The number of esters is 2. The zero-order valence-electron chi connectivity index (χ0n) is 24.8. The molecule has 0 aromatic carbocycles. The van der Waals surface area contributed by atoms with E-state index in [1.807, 2.05) is 0 Å². The number of ether oxygens (including phenoxy) is 3. The Morgan fingerprint density at radius 1 is 1.17 bits per heavy atom. The molecule has 1 saturated heterocycles. The first-order chi connectivity index (χ1) is 19.0. The molecule has 1 aliphatic heterocycles. The summed E-state index contributed by atoms with van der Waals surface area (Å²) in [6, 6.07) is 3.27. The number of Topliss-reactive ketones (excluding diaryl/α,β-unsaturated/α-hetero) is 1. The normalized spacial score (nSPS) is 40.1. The number of furan rings is 1. The summed E-state index contributed by atoms with van der Waals surface area (Å²) in [5.41, 5.74) is -5.39. The van der Waals surface area contributed by atoms with Gasteiger partial charge in [-0.15, -0.1) is 0 Å². The average Bonchev–Trinajstić information content (AvgIpc) is 3.44.